The predicted octanol–water partition coefficient (Wildman–Crippen LogP) is 2.24. The summed E-state index contributed by atoms with van der Waals surface area (Å²) >= 11 is 3.37. The minimum atomic E-state index is -1.39. The molecule has 0 heterocycles. The van der Waals surface area contributed by atoms with Gasteiger partial charge >= 0.3 is 6.09 Å². The molecule has 2 aromatic carbocycles. The van der Waals surface area contributed by atoms with Gasteiger partial charge in [0.15, 0.2) is 11.5 Å². The lowest BCUT2D eigenvalue weighted by Crippen LogP contribution is -2.55. The second kappa shape index (κ2) is 15.5. The fourth-order valence-electron chi connectivity index (χ4n) is 3.34. The van der Waals surface area contributed by atoms with E-state index in [9.17, 15) is 24.6 Å². The van der Waals surface area contributed by atoms with Crippen LogP contribution in [0.5, 0.6) is 17.2 Å². The maximum Gasteiger partial charge on any atom is 0.408 e. The number of alkyl carbamates (subject to hydrolysis) is 1. The first-order valence-corrected chi connectivity index (χ1v) is 13.1. The number of aliphatic hydroxyl groups is 1. The van der Waals surface area contributed by atoms with Crippen LogP contribution in [0.4, 0.5) is 4.79 Å². The molecule has 2 aromatic rings. The molecule has 13 heteroatoms. The number of rotatable bonds is 12. The van der Waals surface area contributed by atoms with E-state index < -0.39 is 42.2 Å². The van der Waals surface area contributed by atoms with E-state index in [1.165, 1.54) is 25.5 Å². The Balaban J connectivity index is 2.25. The number of aliphatic hydroxyl groups excluding tert-OH is 1. The summed E-state index contributed by atoms with van der Waals surface area (Å²) in [6, 6.07) is 6.79. The molecule has 0 aliphatic rings. The zero-order chi connectivity index (χ0) is 30.6. The Morgan fingerprint density at radius 3 is 2.39 bits per heavy atom. The van der Waals surface area contributed by atoms with E-state index in [-0.39, 0.29) is 18.8 Å². The number of phenols is 1. The van der Waals surface area contributed by atoms with Crippen LogP contribution < -0.4 is 25.5 Å². The molecule has 12 nitrogen and oxygen atoms in total. The van der Waals surface area contributed by atoms with Crippen LogP contribution >= 0.6 is 15.9 Å². The van der Waals surface area contributed by atoms with E-state index in [1.807, 2.05) is 0 Å². The molecule has 0 aromatic heterocycles. The van der Waals surface area contributed by atoms with Gasteiger partial charge in [0.05, 0.1) is 19.9 Å². The Morgan fingerprint density at radius 1 is 1.12 bits per heavy atom. The number of halogens is 1. The van der Waals surface area contributed by atoms with Crippen molar-refractivity contribution in [3.63, 3.8) is 0 Å². The monoisotopic (exact) mass is 632 g/mol. The van der Waals surface area contributed by atoms with Gasteiger partial charge in [-0.1, -0.05) is 34.0 Å². The van der Waals surface area contributed by atoms with E-state index >= 15 is 0 Å². The van der Waals surface area contributed by atoms with Crippen LogP contribution in [0.1, 0.15) is 31.9 Å². The first kappa shape index (κ1) is 32.9. The van der Waals surface area contributed by atoms with E-state index in [0.29, 0.717) is 27.1 Å². The van der Waals surface area contributed by atoms with Crippen molar-refractivity contribution < 1.29 is 38.8 Å². The molecule has 0 aliphatic heterocycles. The van der Waals surface area contributed by atoms with Crippen molar-refractivity contribution in [2.24, 2.45) is 5.10 Å². The quantitative estimate of drug-likeness (QED) is 0.135. The predicted molar refractivity (Wildman–Crippen MR) is 155 cm³/mol. The average molecular weight is 633 g/mol. The highest BCUT2D eigenvalue weighted by Crippen LogP contribution is 2.34. The van der Waals surface area contributed by atoms with Gasteiger partial charge in [0.2, 0.25) is 5.91 Å². The number of phenolic OH excluding ortho intramolecular Hbond substituents is 1. The zero-order valence-electron chi connectivity index (χ0n) is 23.1. The first-order chi connectivity index (χ1) is 19.4. The molecule has 0 saturated heterocycles. The second-order valence-corrected chi connectivity index (χ2v) is 10.5. The van der Waals surface area contributed by atoms with Crippen molar-refractivity contribution >= 4 is 40.1 Å². The lowest BCUT2D eigenvalue weighted by atomic mass is 10.0. The fourth-order valence-corrected chi connectivity index (χ4v) is 3.80. The number of benzene rings is 2. The molecule has 0 aliphatic carbocycles. The van der Waals surface area contributed by atoms with Crippen LogP contribution in [0.2, 0.25) is 0 Å². The van der Waals surface area contributed by atoms with Gasteiger partial charge < -0.3 is 35.1 Å². The number of hydrogen-bond acceptors (Lipinski definition) is 9. The summed E-state index contributed by atoms with van der Waals surface area (Å²) in [6.45, 7) is 4.16. The molecular formula is C28H33BrN4O8. The number of nitrogens with one attached hydrogen (secondary N) is 3. The standard InChI is InChI=1S/C28H33BrN4O8/c1-6-11-40-24-18(13-19(29)14-23(24)39-5)15-30-33-26(37)21(12-17-7-9-20(35)10-8-17)31-25(36)22(16-34)32-27(38)41-28(2,3)4/h1,7-10,13-15,21-22,34-35H,11-12,16H2,2-5H3,(H,31,36)(H,32,38)(H,33,37)/b30-15-/t21-,22-/m0/s1. The highest BCUT2D eigenvalue weighted by atomic mass is 79.9. The Hall–Kier alpha value is -4.28. The molecule has 220 valence electrons. The van der Waals surface area contributed by atoms with Crippen molar-refractivity contribution in [2.45, 2.75) is 44.9 Å². The second-order valence-electron chi connectivity index (χ2n) is 9.57. The first-order valence-electron chi connectivity index (χ1n) is 12.3. The third kappa shape index (κ3) is 11.0. The Bertz CT molecular complexity index is 1290. The van der Waals surface area contributed by atoms with Gasteiger partial charge in [0, 0.05) is 16.5 Å². The molecule has 0 unspecified atom stereocenters. The number of carbonyl (C=O) groups is 3. The normalized spacial score (nSPS) is 12.5. The largest absolute Gasteiger partial charge is 0.508 e. The van der Waals surface area contributed by atoms with Gasteiger partial charge in [-0.15, -0.1) is 6.42 Å². The maximum absolute atomic E-state index is 13.2. The summed E-state index contributed by atoms with van der Waals surface area (Å²) in [5.74, 6) is 1.55. The number of amides is 3. The smallest absolute Gasteiger partial charge is 0.408 e. The molecule has 3 amide bonds. The maximum atomic E-state index is 13.2. The third-order valence-corrected chi connectivity index (χ3v) is 5.60. The minimum Gasteiger partial charge on any atom is -0.508 e. The van der Waals surface area contributed by atoms with Gasteiger partial charge in [-0.3, -0.25) is 9.59 Å². The molecule has 2 atom stereocenters. The molecule has 2 rings (SSSR count). The molecule has 0 saturated carbocycles. The van der Waals surface area contributed by atoms with Crippen molar-refractivity contribution in [3.05, 3.63) is 52.0 Å². The SMILES string of the molecule is C#CCOc1c(/C=N\NC(=O)[C@H](Cc2ccc(O)cc2)NC(=O)[C@H](CO)NC(=O)OC(C)(C)C)cc(Br)cc1OC. The van der Waals surface area contributed by atoms with Crippen LogP contribution in [-0.4, -0.2) is 72.3 Å². The van der Waals surface area contributed by atoms with Crippen molar-refractivity contribution in [1.82, 2.24) is 16.1 Å². The van der Waals surface area contributed by atoms with Crippen LogP contribution in [0.25, 0.3) is 0 Å². The van der Waals surface area contributed by atoms with Crippen LogP contribution in [0.3, 0.4) is 0 Å². The molecule has 5 N–H and O–H groups in total. The van der Waals surface area contributed by atoms with Crippen molar-refractivity contribution in [3.8, 4) is 29.6 Å². The third-order valence-electron chi connectivity index (χ3n) is 5.15. The van der Waals surface area contributed by atoms with Crippen LogP contribution in [0, 0.1) is 12.3 Å². The molecular weight excluding hydrogens is 600 g/mol. The van der Waals surface area contributed by atoms with Gasteiger partial charge in [0.1, 0.15) is 30.0 Å². The van der Waals surface area contributed by atoms with Gasteiger partial charge in [-0.25, -0.2) is 10.2 Å². The Labute approximate surface area is 246 Å². The molecule has 41 heavy (non-hydrogen) atoms. The number of terminal acetylenes is 1. The highest BCUT2D eigenvalue weighted by Gasteiger charge is 2.28. The number of aromatic hydroxyl groups is 1. The molecule has 0 radical (unpaired) electrons. The molecule has 0 spiro atoms. The van der Waals surface area contributed by atoms with Gasteiger partial charge in [-0.05, 0) is 50.6 Å². The van der Waals surface area contributed by atoms with Crippen LogP contribution in [-0.2, 0) is 20.7 Å². The minimum absolute atomic E-state index is 0.000796. The number of ether oxygens (including phenoxy) is 3. The summed E-state index contributed by atoms with van der Waals surface area (Å²) in [4.78, 5) is 38.2. The van der Waals surface area contributed by atoms with Gasteiger partial charge in [0.25, 0.3) is 5.91 Å². The highest BCUT2D eigenvalue weighted by molar-refractivity contribution is 9.10. The van der Waals surface area contributed by atoms with E-state index in [4.69, 9.17) is 20.6 Å². The van der Waals surface area contributed by atoms with Crippen molar-refractivity contribution in [1.29, 1.82) is 0 Å². The summed E-state index contributed by atoms with van der Waals surface area (Å²) < 4.78 is 16.7. The molecule has 0 fully saturated rings. The Kier molecular flexibility index (Phi) is 12.4. The lowest BCUT2D eigenvalue weighted by molar-refractivity contribution is -0.130. The summed E-state index contributed by atoms with van der Waals surface area (Å²) in [5.41, 5.74) is 2.59. The number of hydrazone groups is 1. The summed E-state index contributed by atoms with van der Waals surface area (Å²) in [6.07, 6.45) is 5.71. The summed E-state index contributed by atoms with van der Waals surface area (Å²) in [5, 5.41) is 28.1. The number of methoxy groups -OCH3 is 1. The molecule has 0 bridgehead atoms. The van der Waals surface area contributed by atoms with E-state index in [2.05, 4.69) is 43.0 Å². The Morgan fingerprint density at radius 2 is 1.80 bits per heavy atom. The topological polar surface area (TPSA) is 168 Å². The number of carbonyl (C=O) groups excluding carboxylic acids is 3. The van der Waals surface area contributed by atoms with Crippen molar-refractivity contribution in [2.75, 3.05) is 20.3 Å². The number of nitrogens with zero attached hydrogens (tertiary/aromatic N) is 1. The fraction of sp³-hybridized carbons (Fsp3) is 0.357. The van der Waals surface area contributed by atoms with E-state index in [1.54, 1.807) is 45.0 Å². The van der Waals surface area contributed by atoms with Gasteiger partial charge in [-0.2, -0.15) is 5.10 Å². The zero-order valence-corrected chi connectivity index (χ0v) is 24.6. The lowest BCUT2D eigenvalue weighted by Gasteiger charge is -2.24. The number of hydrogen-bond donors (Lipinski definition) is 5. The average Bonchev–Trinajstić information content (AvgIpc) is 2.90. The van der Waals surface area contributed by atoms with Crippen LogP contribution in [0.15, 0.2) is 46.0 Å². The van der Waals surface area contributed by atoms with E-state index in [0.717, 1.165) is 0 Å². The summed E-state index contributed by atoms with van der Waals surface area (Å²) in [7, 11) is 1.46.